The van der Waals surface area contributed by atoms with Crippen molar-refractivity contribution in [3.8, 4) is 0 Å². The minimum atomic E-state index is -0.0584. The lowest BCUT2D eigenvalue weighted by Crippen LogP contribution is -2.44. The molecule has 0 radical (unpaired) electrons. The molecule has 0 aromatic heterocycles. The second kappa shape index (κ2) is 5.77. The molecule has 2 N–H and O–H groups in total. The predicted octanol–water partition coefficient (Wildman–Crippen LogP) is 1.01. The maximum absolute atomic E-state index is 12.1. The molecule has 1 aromatic rings. The highest BCUT2D eigenvalue weighted by atomic mass is 16.2. The van der Waals surface area contributed by atoms with Gasteiger partial charge in [0.15, 0.2) is 0 Å². The Morgan fingerprint density at radius 1 is 1.32 bits per heavy atom. The number of carbonyl (C=O) groups is 2. The molecule has 2 unspecified atom stereocenters. The quantitative estimate of drug-likeness (QED) is 0.875. The van der Waals surface area contributed by atoms with Gasteiger partial charge in [-0.3, -0.25) is 9.59 Å². The Balaban J connectivity index is 1.85. The van der Waals surface area contributed by atoms with Crippen molar-refractivity contribution in [2.24, 2.45) is 0 Å². The summed E-state index contributed by atoms with van der Waals surface area (Å²) >= 11 is 0. The molecule has 0 saturated heterocycles. The van der Waals surface area contributed by atoms with Gasteiger partial charge in [-0.25, -0.2) is 0 Å². The summed E-state index contributed by atoms with van der Waals surface area (Å²) in [4.78, 5) is 25.8. The van der Waals surface area contributed by atoms with Crippen molar-refractivity contribution >= 4 is 11.8 Å². The van der Waals surface area contributed by atoms with Crippen LogP contribution in [0.3, 0.4) is 0 Å². The molecule has 0 bridgehead atoms. The number of likely N-dealkylation sites (N-methyl/N-ethyl adjacent to an activating group) is 1. The van der Waals surface area contributed by atoms with E-state index in [1.165, 1.54) is 0 Å². The van der Waals surface area contributed by atoms with Crippen LogP contribution in [0, 0.1) is 0 Å². The standard InChI is InChI=1S/C17H19N3O2/c1-20(2)10-16(21)18-11-7-8-15-14(9-11)12-5-3-4-6-13(12)17(22)19-15/h3-9,14-15H,10H2,1-2H3,(H,18,21)(H,19,22). The summed E-state index contributed by atoms with van der Waals surface area (Å²) in [5.74, 6) is -0.0453. The van der Waals surface area contributed by atoms with E-state index in [2.05, 4.69) is 10.6 Å². The third-order valence-electron chi connectivity index (χ3n) is 3.84. The molecule has 1 heterocycles. The monoisotopic (exact) mass is 297 g/mol. The number of nitrogens with one attached hydrogen (secondary N) is 2. The van der Waals surface area contributed by atoms with Gasteiger partial charge in [-0.1, -0.05) is 30.4 Å². The second-order valence-electron chi connectivity index (χ2n) is 5.88. The van der Waals surface area contributed by atoms with E-state index in [0.717, 1.165) is 11.3 Å². The third kappa shape index (κ3) is 2.80. The first-order chi connectivity index (χ1) is 10.5. The number of fused-ring (bicyclic) bond motifs is 3. The van der Waals surface area contributed by atoms with Crippen LogP contribution in [0.5, 0.6) is 0 Å². The van der Waals surface area contributed by atoms with E-state index in [0.29, 0.717) is 12.1 Å². The highest BCUT2D eigenvalue weighted by Gasteiger charge is 2.32. The van der Waals surface area contributed by atoms with Crippen LogP contribution in [0.4, 0.5) is 0 Å². The lowest BCUT2D eigenvalue weighted by molar-refractivity contribution is -0.120. The van der Waals surface area contributed by atoms with Crippen molar-refractivity contribution in [3.63, 3.8) is 0 Å². The summed E-state index contributed by atoms with van der Waals surface area (Å²) in [6.45, 7) is 0.340. The summed E-state index contributed by atoms with van der Waals surface area (Å²) in [6.07, 6.45) is 5.79. The number of nitrogens with zero attached hydrogens (tertiary/aromatic N) is 1. The molecule has 1 aliphatic carbocycles. The molecule has 2 amide bonds. The molecule has 0 fully saturated rings. The van der Waals surface area contributed by atoms with Gasteiger partial charge < -0.3 is 15.5 Å². The first-order valence-corrected chi connectivity index (χ1v) is 7.29. The zero-order valence-electron chi connectivity index (χ0n) is 12.7. The van der Waals surface area contributed by atoms with E-state index in [1.54, 1.807) is 0 Å². The number of rotatable bonds is 3. The van der Waals surface area contributed by atoms with Crippen LogP contribution in [0.2, 0.25) is 0 Å². The van der Waals surface area contributed by atoms with Gasteiger partial charge in [0.05, 0.1) is 12.6 Å². The van der Waals surface area contributed by atoms with Gasteiger partial charge in [-0.05, 0) is 31.8 Å². The topological polar surface area (TPSA) is 61.4 Å². The average Bonchev–Trinajstić information content (AvgIpc) is 2.47. The predicted molar refractivity (Wildman–Crippen MR) is 84.4 cm³/mol. The third-order valence-corrected chi connectivity index (χ3v) is 3.84. The van der Waals surface area contributed by atoms with Crippen molar-refractivity contribution in [3.05, 3.63) is 59.3 Å². The molecule has 114 valence electrons. The Kier molecular flexibility index (Phi) is 3.81. The van der Waals surface area contributed by atoms with Crippen LogP contribution < -0.4 is 10.6 Å². The highest BCUT2D eigenvalue weighted by molar-refractivity contribution is 5.98. The number of allylic oxidation sites excluding steroid dienone is 1. The molecular weight excluding hydrogens is 278 g/mol. The smallest absolute Gasteiger partial charge is 0.252 e. The molecule has 22 heavy (non-hydrogen) atoms. The lowest BCUT2D eigenvalue weighted by atomic mass is 9.81. The normalized spacial score (nSPS) is 22.5. The van der Waals surface area contributed by atoms with Crippen molar-refractivity contribution in [2.75, 3.05) is 20.6 Å². The molecule has 5 heteroatoms. The fourth-order valence-electron chi connectivity index (χ4n) is 2.90. The van der Waals surface area contributed by atoms with Crippen LogP contribution >= 0.6 is 0 Å². The van der Waals surface area contributed by atoms with E-state index < -0.39 is 0 Å². The van der Waals surface area contributed by atoms with Crippen LogP contribution in [0.1, 0.15) is 21.8 Å². The largest absolute Gasteiger partial charge is 0.345 e. The summed E-state index contributed by atoms with van der Waals surface area (Å²) in [5, 5.41) is 5.90. The van der Waals surface area contributed by atoms with E-state index in [1.807, 2.05) is 61.5 Å². The van der Waals surface area contributed by atoms with Gasteiger partial charge >= 0.3 is 0 Å². The zero-order chi connectivity index (χ0) is 15.7. The van der Waals surface area contributed by atoms with Crippen molar-refractivity contribution in [1.29, 1.82) is 0 Å². The van der Waals surface area contributed by atoms with Crippen LogP contribution in [-0.4, -0.2) is 43.4 Å². The Hall–Kier alpha value is -2.40. The molecule has 3 rings (SSSR count). The molecule has 0 spiro atoms. The first-order valence-electron chi connectivity index (χ1n) is 7.29. The van der Waals surface area contributed by atoms with Gasteiger partial charge in [0, 0.05) is 17.2 Å². The van der Waals surface area contributed by atoms with Gasteiger partial charge in [0.25, 0.3) is 5.91 Å². The Bertz CT molecular complexity index is 676. The van der Waals surface area contributed by atoms with Crippen molar-refractivity contribution < 1.29 is 9.59 Å². The fourth-order valence-corrected chi connectivity index (χ4v) is 2.90. The number of hydrogen-bond acceptors (Lipinski definition) is 3. The maximum Gasteiger partial charge on any atom is 0.252 e. The highest BCUT2D eigenvalue weighted by Crippen LogP contribution is 2.32. The summed E-state index contributed by atoms with van der Waals surface area (Å²) in [5.41, 5.74) is 2.48. The molecular formula is C17H19N3O2. The summed E-state index contributed by atoms with van der Waals surface area (Å²) in [7, 11) is 3.71. The number of hydrogen-bond donors (Lipinski definition) is 2. The Morgan fingerprint density at radius 3 is 2.86 bits per heavy atom. The second-order valence-corrected chi connectivity index (χ2v) is 5.88. The van der Waals surface area contributed by atoms with Gasteiger partial charge in [0.2, 0.25) is 5.91 Å². The summed E-state index contributed by atoms with van der Waals surface area (Å²) < 4.78 is 0. The van der Waals surface area contributed by atoms with Crippen molar-refractivity contribution in [2.45, 2.75) is 12.0 Å². The van der Waals surface area contributed by atoms with Crippen molar-refractivity contribution in [1.82, 2.24) is 15.5 Å². The molecule has 2 aliphatic rings. The van der Waals surface area contributed by atoms with Gasteiger partial charge in [0.1, 0.15) is 0 Å². The van der Waals surface area contributed by atoms with E-state index in [4.69, 9.17) is 0 Å². The molecule has 5 nitrogen and oxygen atoms in total. The average molecular weight is 297 g/mol. The minimum absolute atomic E-state index is 0.0463. The van der Waals surface area contributed by atoms with Gasteiger partial charge in [-0.2, -0.15) is 0 Å². The lowest BCUT2D eigenvalue weighted by Gasteiger charge is -2.33. The van der Waals surface area contributed by atoms with Crippen LogP contribution in [0.25, 0.3) is 0 Å². The Labute approximate surface area is 129 Å². The van der Waals surface area contributed by atoms with E-state index in [9.17, 15) is 9.59 Å². The Morgan fingerprint density at radius 2 is 2.09 bits per heavy atom. The maximum atomic E-state index is 12.1. The summed E-state index contributed by atoms with van der Waals surface area (Å²) in [6, 6.07) is 7.54. The fraction of sp³-hybridized carbons (Fsp3) is 0.294. The molecule has 2 atom stereocenters. The molecule has 1 aromatic carbocycles. The molecule has 0 saturated carbocycles. The zero-order valence-corrected chi connectivity index (χ0v) is 12.7. The molecule has 1 aliphatic heterocycles. The van der Waals surface area contributed by atoms with Gasteiger partial charge in [-0.15, -0.1) is 0 Å². The van der Waals surface area contributed by atoms with E-state index in [-0.39, 0.29) is 23.8 Å². The number of carbonyl (C=O) groups excluding carboxylic acids is 2. The number of benzene rings is 1. The first kappa shape index (κ1) is 14.5. The van der Waals surface area contributed by atoms with Crippen LogP contribution in [0.15, 0.2) is 48.2 Å². The number of amides is 2. The van der Waals surface area contributed by atoms with E-state index >= 15 is 0 Å². The SMILES string of the molecule is CN(C)CC(=O)NC1=CC2c3ccccc3C(=O)NC2C=C1. The van der Waals surface area contributed by atoms with Crippen LogP contribution in [-0.2, 0) is 4.79 Å². The minimum Gasteiger partial charge on any atom is -0.345 e.